The fraction of sp³-hybridized carbons (Fsp3) is 0.458. The molecule has 0 radical (unpaired) electrons. The van der Waals surface area contributed by atoms with Gasteiger partial charge in [0.05, 0.1) is 11.7 Å². The van der Waals surface area contributed by atoms with Crippen molar-refractivity contribution in [1.82, 2.24) is 0 Å². The third kappa shape index (κ3) is 2.87. The average molecular weight is 380 g/mol. The molecule has 0 amide bonds. The van der Waals surface area contributed by atoms with Crippen molar-refractivity contribution < 1.29 is 20.1 Å². The van der Waals surface area contributed by atoms with Gasteiger partial charge in [-0.2, -0.15) is 0 Å². The number of rotatable bonds is 3. The van der Waals surface area contributed by atoms with Crippen LogP contribution in [0.5, 0.6) is 0 Å². The number of aromatic carboxylic acids is 1. The number of benzene rings is 2. The Hall–Kier alpha value is -2.17. The van der Waals surface area contributed by atoms with Crippen molar-refractivity contribution in [2.75, 3.05) is 0 Å². The molecule has 0 unspecified atom stereocenters. The predicted molar refractivity (Wildman–Crippen MR) is 107 cm³/mol. The molecular weight excluding hydrogens is 352 g/mol. The highest BCUT2D eigenvalue weighted by Crippen LogP contribution is 2.55. The van der Waals surface area contributed by atoms with E-state index in [1.807, 2.05) is 42.5 Å². The van der Waals surface area contributed by atoms with Crippen molar-refractivity contribution in [3.63, 3.8) is 0 Å². The van der Waals surface area contributed by atoms with Crippen LogP contribution in [0, 0.1) is 5.92 Å². The van der Waals surface area contributed by atoms with Gasteiger partial charge in [-0.05, 0) is 73.3 Å². The Morgan fingerprint density at radius 3 is 2.57 bits per heavy atom. The molecule has 2 aromatic carbocycles. The molecule has 0 bridgehead atoms. The summed E-state index contributed by atoms with van der Waals surface area (Å²) in [5.74, 6) is -0.667. The molecule has 3 N–H and O–H groups in total. The van der Waals surface area contributed by atoms with E-state index in [0.29, 0.717) is 18.4 Å². The molecule has 4 rings (SSSR count). The van der Waals surface area contributed by atoms with E-state index in [2.05, 4.69) is 6.92 Å². The highest BCUT2D eigenvalue weighted by atomic mass is 16.4. The van der Waals surface area contributed by atoms with E-state index in [1.54, 1.807) is 6.07 Å². The van der Waals surface area contributed by atoms with Gasteiger partial charge in [-0.3, -0.25) is 0 Å². The number of carboxylic acid groups (broad SMARTS) is 1. The Balaban J connectivity index is 1.79. The lowest BCUT2D eigenvalue weighted by Crippen LogP contribution is -2.54. The van der Waals surface area contributed by atoms with Crippen LogP contribution in [0.3, 0.4) is 0 Å². The summed E-state index contributed by atoms with van der Waals surface area (Å²) in [4.78, 5) is 11.4. The van der Waals surface area contributed by atoms with E-state index in [4.69, 9.17) is 0 Å². The zero-order chi connectivity index (χ0) is 19.9. The second-order valence-corrected chi connectivity index (χ2v) is 8.49. The van der Waals surface area contributed by atoms with Gasteiger partial charge in [0.15, 0.2) is 0 Å². The fourth-order valence-electron chi connectivity index (χ4n) is 5.71. The lowest BCUT2D eigenvalue weighted by molar-refractivity contribution is -0.144. The van der Waals surface area contributed by atoms with Crippen LogP contribution in [0.15, 0.2) is 48.5 Å². The standard InChI is InChI=1S/C24H28O4/c1-2-23-15-21(25)24(28,18-8-4-3-5-9-18)14-19(23)10-6-7-16-13-17(22(26)27)11-12-20(16)23/h3-5,8-9,11-13,19,21,25,28H,2,6-7,10,14-15H2,1H3,(H,26,27)/t19-,21+,23+,24+/m1/s1. The molecule has 28 heavy (non-hydrogen) atoms. The maximum Gasteiger partial charge on any atom is 0.335 e. The van der Waals surface area contributed by atoms with Crippen LogP contribution >= 0.6 is 0 Å². The summed E-state index contributed by atoms with van der Waals surface area (Å²) in [5, 5.41) is 32.0. The van der Waals surface area contributed by atoms with Gasteiger partial charge in [0.1, 0.15) is 5.60 Å². The van der Waals surface area contributed by atoms with Crippen LogP contribution in [-0.2, 0) is 17.4 Å². The number of aryl methyl sites for hydroxylation is 1. The van der Waals surface area contributed by atoms with Gasteiger partial charge < -0.3 is 15.3 Å². The predicted octanol–water partition coefficient (Wildman–Crippen LogP) is 4.03. The molecule has 0 heterocycles. The smallest absolute Gasteiger partial charge is 0.335 e. The largest absolute Gasteiger partial charge is 0.478 e. The monoisotopic (exact) mass is 380 g/mol. The first-order chi connectivity index (χ1) is 13.4. The van der Waals surface area contributed by atoms with Crippen molar-refractivity contribution in [2.45, 2.75) is 62.6 Å². The van der Waals surface area contributed by atoms with Gasteiger partial charge in [0.25, 0.3) is 0 Å². The maximum atomic E-state index is 11.5. The summed E-state index contributed by atoms with van der Waals surface area (Å²) < 4.78 is 0. The minimum Gasteiger partial charge on any atom is -0.478 e. The van der Waals surface area contributed by atoms with Gasteiger partial charge in [-0.1, -0.05) is 43.3 Å². The van der Waals surface area contributed by atoms with Crippen LogP contribution in [-0.4, -0.2) is 27.4 Å². The number of hydrogen-bond acceptors (Lipinski definition) is 3. The molecule has 148 valence electrons. The van der Waals surface area contributed by atoms with Crippen LogP contribution in [0.25, 0.3) is 0 Å². The summed E-state index contributed by atoms with van der Waals surface area (Å²) >= 11 is 0. The first-order valence-corrected chi connectivity index (χ1v) is 10.2. The first-order valence-electron chi connectivity index (χ1n) is 10.2. The third-order valence-corrected chi connectivity index (χ3v) is 7.24. The van der Waals surface area contributed by atoms with E-state index in [9.17, 15) is 20.1 Å². The minimum absolute atomic E-state index is 0.233. The summed E-state index contributed by atoms with van der Waals surface area (Å²) in [5.41, 5.74) is 1.87. The zero-order valence-electron chi connectivity index (χ0n) is 16.3. The summed E-state index contributed by atoms with van der Waals surface area (Å²) in [7, 11) is 0. The van der Waals surface area contributed by atoms with Gasteiger partial charge >= 0.3 is 5.97 Å². The molecule has 2 aromatic rings. The van der Waals surface area contributed by atoms with Crippen molar-refractivity contribution in [3.8, 4) is 0 Å². The normalized spacial score (nSPS) is 32.1. The fourth-order valence-corrected chi connectivity index (χ4v) is 5.71. The molecule has 1 saturated carbocycles. The number of carbonyl (C=O) groups is 1. The quantitative estimate of drug-likeness (QED) is 0.751. The van der Waals surface area contributed by atoms with E-state index in [1.165, 1.54) is 0 Å². The molecule has 0 saturated heterocycles. The Bertz CT molecular complexity index is 877. The van der Waals surface area contributed by atoms with Gasteiger partial charge in [0.2, 0.25) is 0 Å². The number of hydrogen-bond donors (Lipinski definition) is 3. The molecule has 4 atom stereocenters. The lowest BCUT2D eigenvalue weighted by Gasteiger charge is -2.52. The molecule has 4 heteroatoms. The molecule has 0 aliphatic heterocycles. The van der Waals surface area contributed by atoms with E-state index in [0.717, 1.165) is 42.4 Å². The second-order valence-electron chi connectivity index (χ2n) is 8.49. The van der Waals surface area contributed by atoms with Crippen LogP contribution in [0.1, 0.15) is 66.1 Å². The van der Waals surface area contributed by atoms with Crippen LogP contribution in [0.4, 0.5) is 0 Å². The number of aliphatic hydroxyl groups is 2. The second kappa shape index (κ2) is 7.02. The van der Waals surface area contributed by atoms with Gasteiger partial charge in [-0.25, -0.2) is 4.79 Å². The lowest BCUT2D eigenvalue weighted by atomic mass is 9.55. The van der Waals surface area contributed by atoms with Gasteiger partial charge in [-0.15, -0.1) is 0 Å². The number of aliphatic hydroxyl groups excluding tert-OH is 1. The van der Waals surface area contributed by atoms with Crippen molar-refractivity contribution in [3.05, 3.63) is 70.8 Å². The third-order valence-electron chi connectivity index (χ3n) is 7.24. The van der Waals surface area contributed by atoms with E-state index < -0.39 is 17.7 Å². The van der Waals surface area contributed by atoms with Crippen LogP contribution in [0.2, 0.25) is 0 Å². The first kappa shape index (κ1) is 19.2. The SMILES string of the molecule is CC[C@]12C[C@H](O)[C@@](O)(c3ccccc3)C[C@H]1CCCc1cc(C(=O)O)ccc12. The van der Waals surface area contributed by atoms with E-state index in [-0.39, 0.29) is 11.3 Å². The number of carboxylic acids is 1. The Morgan fingerprint density at radius 2 is 1.89 bits per heavy atom. The Morgan fingerprint density at radius 1 is 1.14 bits per heavy atom. The Labute approximate surface area is 165 Å². The number of fused-ring (bicyclic) bond motifs is 3. The highest BCUT2D eigenvalue weighted by Gasteiger charge is 2.54. The highest BCUT2D eigenvalue weighted by molar-refractivity contribution is 5.88. The zero-order valence-corrected chi connectivity index (χ0v) is 16.3. The summed E-state index contributed by atoms with van der Waals surface area (Å²) in [6.07, 6.45) is 3.77. The molecule has 0 aromatic heterocycles. The molecule has 2 aliphatic rings. The van der Waals surface area contributed by atoms with Crippen molar-refractivity contribution in [2.24, 2.45) is 5.92 Å². The molecule has 0 spiro atoms. The van der Waals surface area contributed by atoms with E-state index >= 15 is 0 Å². The minimum atomic E-state index is -1.24. The van der Waals surface area contributed by atoms with Gasteiger partial charge in [0, 0.05) is 5.41 Å². The average Bonchev–Trinajstić information content (AvgIpc) is 2.85. The Kier molecular flexibility index (Phi) is 4.80. The summed E-state index contributed by atoms with van der Waals surface area (Å²) in [6, 6.07) is 15.0. The molecule has 4 nitrogen and oxygen atoms in total. The van der Waals surface area contributed by atoms with Crippen LogP contribution < -0.4 is 0 Å². The van der Waals surface area contributed by atoms with Crippen molar-refractivity contribution >= 4 is 5.97 Å². The molecule has 1 fully saturated rings. The molecule has 2 aliphatic carbocycles. The van der Waals surface area contributed by atoms with Crippen molar-refractivity contribution in [1.29, 1.82) is 0 Å². The maximum absolute atomic E-state index is 11.5. The topological polar surface area (TPSA) is 77.8 Å². The summed E-state index contributed by atoms with van der Waals surface area (Å²) in [6.45, 7) is 2.15. The molecular formula is C24H28O4.